The molecule has 0 saturated carbocycles. The largest absolute Gasteiger partial charge is 0.399 e. The van der Waals surface area contributed by atoms with Gasteiger partial charge in [0, 0.05) is 30.2 Å². The summed E-state index contributed by atoms with van der Waals surface area (Å²) in [5, 5.41) is 4.18. The van der Waals surface area contributed by atoms with E-state index in [2.05, 4.69) is 10.1 Å². The molecule has 0 amide bonds. The Morgan fingerprint density at radius 3 is 2.83 bits per heavy atom. The van der Waals surface area contributed by atoms with Crippen molar-refractivity contribution in [1.29, 1.82) is 0 Å². The van der Waals surface area contributed by atoms with Gasteiger partial charge in [0.05, 0.1) is 24.4 Å². The summed E-state index contributed by atoms with van der Waals surface area (Å²) in [6.45, 7) is 0. The van der Waals surface area contributed by atoms with Gasteiger partial charge in [0.15, 0.2) is 0 Å². The van der Waals surface area contributed by atoms with E-state index in [4.69, 9.17) is 5.73 Å². The lowest BCUT2D eigenvalue weighted by molar-refractivity contribution is 0.768. The molecule has 0 fully saturated rings. The van der Waals surface area contributed by atoms with Crippen molar-refractivity contribution in [2.75, 3.05) is 5.73 Å². The maximum atomic E-state index is 5.81. The zero-order chi connectivity index (χ0) is 12.5. The molecule has 5 heteroatoms. The minimum absolute atomic E-state index is 0.735. The molecule has 0 unspecified atom stereocenters. The highest BCUT2D eigenvalue weighted by Crippen LogP contribution is 2.22. The van der Waals surface area contributed by atoms with Crippen LogP contribution in [0, 0.1) is 0 Å². The van der Waals surface area contributed by atoms with Crippen LogP contribution in [0.1, 0.15) is 0 Å². The normalized spacial score (nSPS) is 10.7. The molecular weight excluding hydrogens is 226 g/mol. The van der Waals surface area contributed by atoms with Crippen LogP contribution in [0.15, 0.2) is 49.2 Å². The molecule has 3 aromatic rings. The topological polar surface area (TPSA) is 61.7 Å². The lowest BCUT2D eigenvalue weighted by Crippen LogP contribution is -1.96. The van der Waals surface area contributed by atoms with Crippen LogP contribution in [0.5, 0.6) is 0 Å². The number of aromatic nitrogens is 4. The Hall–Kier alpha value is -2.56. The van der Waals surface area contributed by atoms with Gasteiger partial charge >= 0.3 is 0 Å². The van der Waals surface area contributed by atoms with Gasteiger partial charge in [-0.2, -0.15) is 5.10 Å². The van der Waals surface area contributed by atoms with Crippen molar-refractivity contribution < 1.29 is 0 Å². The second-order valence-corrected chi connectivity index (χ2v) is 4.15. The van der Waals surface area contributed by atoms with E-state index in [-0.39, 0.29) is 0 Å². The summed E-state index contributed by atoms with van der Waals surface area (Å²) in [4.78, 5) is 4.20. The van der Waals surface area contributed by atoms with E-state index in [1.807, 2.05) is 54.5 Å². The van der Waals surface area contributed by atoms with Gasteiger partial charge in [-0.25, -0.2) is 4.98 Å². The molecule has 2 aromatic heterocycles. The Morgan fingerprint density at radius 2 is 2.11 bits per heavy atom. The molecule has 0 aliphatic carbocycles. The molecular formula is C13H13N5. The van der Waals surface area contributed by atoms with E-state index in [0.29, 0.717) is 0 Å². The van der Waals surface area contributed by atoms with E-state index in [0.717, 1.165) is 22.6 Å². The van der Waals surface area contributed by atoms with Gasteiger partial charge in [-0.1, -0.05) is 6.07 Å². The fourth-order valence-electron chi connectivity index (χ4n) is 1.94. The van der Waals surface area contributed by atoms with Crippen LogP contribution >= 0.6 is 0 Å². The number of hydrogen-bond acceptors (Lipinski definition) is 3. The minimum Gasteiger partial charge on any atom is -0.399 e. The van der Waals surface area contributed by atoms with Crippen LogP contribution in [0.25, 0.3) is 16.9 Å². The molecule has 2 heterocycles. The van der Waals surface area contributed by atoms with Gasteiger partial charge in [0.1, 0.15) is 0 Å². The molecule has 0 bridgehead atoms. The molecule has 18 heavy (non-hydrogen) atoms. The number of anilines is 1. The van der Waals surface area contributed by atoms with E-state index in [9.17, 15) is 0 Å². The Labute approximate surface area is 104 Å². The Bertz CT molecular complexity index is 680. The number of nitrogens with zero attached hydrogens (tertiary/aromatic N) is 4. The third-order valence-electron chi connectivity index (χ3n) is 2.79. The van der Waals surface area contributed by atoms with Crippen molar-refractivity contribution in [3.63, 3.8) is 0 Å². The maximum Gasteiger partial charge on any atom is 0.0997 e. The first-order valence-corrected chi connectivity index (χ1v) is 5.61. The first-order valence-electron chi connectivity index (χ1n) is 5.61. The van der Waals surface area contributed by atoms with Gasteiger partial charge in [0.2, 0.25) is 0 Å². The molecule has 0 aliphatic rings. The number of hydrogen-bond donors (Lipinski definition) is 1. The molecule has 5 nitrogen and oxygen atoms in total. The van der Waals surface area contributed by atoms with Crippen LogP contribution < -0.4 is 5.73 Å². The zero-order valence-electron chi connectivity index (χ0n) is 9.99. The van der Waals surface area contributed by atoms with Crippen LogP contribution in [0.4, 0.5) is 5.69 Å². The average molecular weight is 239 g/mol. The number of nitrogen functional groups attached to an aromatic ring is 1. The van der Waals surface area contributed by atoms with Crippen LogP contribution in [0.2, 0.25) is 0 Å². The van der Waals surface area contributed by atoms with Crippen LogP contribution in [-0.4, -0.2) is 19.3 Å². The first kappa shape index (κ1) is 10.6. The fraction of sp³-hybridized carbons (Fsp3) is 0.0769. The first-order chi connectivity index (χ1) is 8.74. The summed E-state index contributed by atoms with van der Waals surface area (Å²) in [5.74, 6) is 0. The smallest absolute Gasteiger partial charge is 0.0997 e. The Kier molecular flexibility index (Phi) is 2.37. The number of aryl methyl sites for hydroxylation is 1. The van der Waals surface area contributed by atoms with Gasteiger partial charge < -0.3 is 5.73 Å². The molecule has 2 N–H and O–H groups in total. The van der Waals surface area contributed by atoms with Crippen LogP contribution in [0.3, 0.4) is 0 Å². The predicted molar refractivity (Wildman–Crippen MR) is 70.2 cm³/mol. The lowest BCUT2D eigenvalue weighted by Gasteiger charge is -2.07. The van der Waals surface area contributed by atoms with Gasteiger partial charge in [-0.05, 0) is 18.2 Å². The van der Waals surface area contributed by atoms with E-state index < -0.39 is 0 Å². The third kappa shape index (κ3) is 1.75. The molecule has 0 aliphatic heterocycles. The molecule has 0 saturated heterocycles. The number of imidazole rings is 1. The van der Waals surface area contributed by atoms with Crippen molar-refractivity contribution >= 4 is 5.69 Å². The molecule has 0 spiro atoms. The molecule has 3 rings (SSSR count). The summed E-state index contributed by atoms with van der Waals surface area (Å²) < 4.78 is 3.76. The number of rotatable bonds is 2. The molecule has 90 valence electrons. The zero-order valence-corrected chi connectivity index (χ0v) is 9.99. The van der Waals surface area contributed by atoms with E-state index in [1.165, 1.54) is 0 Å². The number of benzene rings is 1. The predicted octanol–water partition coefficient (Wildman–Crippen LogP) is 1.85. The van der Waals surface area contributed by atoms with Gasteiger partial charge in [-0.15, -0.1) is 0 Å². The quantitative estimate of drug-likeness (QED) is 0.694. The second-order valence-electron chi connectivity index (χ2n) is 4.15. The lowest BCUT2D eigenvalue weighted by atomic mass is 10.2. The van der Waals surface area contributed by atoms with Gasteiger partial charge in [0.25, 0.3) is 0 Å². The highest BCUT2D eigenvalue weighted by molar-refractivity contribution is 5.61. The Balaban J connectivity index is 2.12. The summed E-state index contributed by atoms with van der Waals surface area (Å²) in [5.41, 5.74) is 9.55. The van der Waals surface area contributed by atoms with Crippen molar-refractivity contribution in [2.45, 2.75) is 0 Å². The average Bonchev–Trinajstić information content (AvgIpc) is 2.96. The standard InChI is InChI=1S/C13H13N5/c1-17-8-10(6-16-17)13-7-15-9-18(13)12-4-2-3-11(14)5-12/h2-9H,14H2,1H3. The summed E-state index contributed by atoms with van der Waals surface area (Å²) in [6.07, 6.45) is 7.37. The molecule has 1 aromatic carbocycles. The van der Waals surface area contributed by atoms with E-state index in [1.54, 1.807) is 11.0 Å². The van der Waals surface area contributed by atoms with Crippen molar-refractivity contribution in [2.24, 2.45) is 7.05 Å². The number of nitrogens with two attached hydrogens (primary N) is 1. The molecule has 0 radical (unpaired) electrons. The minimum atomic E-state index is 0.735. The molecule has 0 atom stereocenters. The maximum absolute atomic E-state index is 5.81. The highest BCUT2D eigenvalue weighted by Gasteiger charge is 2.08. The highest BCUT2D eigenvalue weighted by atomic mass is 15.2. The summed E-state index contributed by atoms with van der Waals surface area (Å²) >= 11 is 0. The second kappa shape index (κ2) is 4.03. The van der Waals surface area contributed by atoms with Crippen molar-refractivity contribution in [1.82, 2.24) is 19.3 Å². The summed E-state index contributed by atoms with van der Waals surface area (Å²) in [7, 11) is 1.89. The van der Waals surface area contributed by atoms with Gasteiger partial charge in [-0.3, -0.25) is 9.25 Å². The monoisotopic (exact) mass is 239 g/mol. The van der Waals surface area contributed by atoms with Crippen molar-refractivity contribution in [3.8, 4) is 16.9 Å². The fourth-order valence-corrected chi connectivity index (χ4v) is 1.94. The Morgan fingerprint density at radius 1 is 1.22 bits per heavy atom. The van der Waals surface area contributed by atoms with Crippen LogP contribution in [-0.2, 0) is 7.05 Å². The third-order valence-corrected chi connectivity index (χ3v) is 2.79. The van der Waals surface area contributed by atoms with E-state index >= 15 is 0 Å². The van der Waals surface area contributed by atoms with Crippen molar-refractivity contribution in [3.05, 3.63) is 49.2 Å². The summed E-state index contributed by atoms with van der Waals surface area (Å²) in [6, 6.07) is 7.71. The SMILES string of the molecule is Cn1cc(-c2cncn2-c2cccc(N)c2)cn1.